The molecule has 0 spiro atoms. The molecule has 2 aliphatic carbocycles. The molecule has 1 aliphatic heterocycles. The largest absolute Gasteiger partial charge is 0.370 e. The lowest BCUT2D eigenvalue weighted by atomic mass is 9.74. The number of benzene rings is 1. The first-order valence-corrected chi connectivity index (χ1v) is 12.2. The Morgan fingerprint density at radius 2 is 2.06 bits per heavy atom. The van der Waals surface area contributed by atoms with E-state index in [9.17, 15) is 4.79 Å². The first kappa shape index (κ1) is 23.5. The van der Waals surface area contributed by atoms with Crippen LogP contribution < -0.4 is 10.2 Å². The Kier molecular flexibility index (Phi) is 7.21. The summed E-state index contributed by atoms with van der Waals surface area (Å²) < 4.78 is 6.46. The lowest BCUT2D eigenvalue weighted by Crippen LogP contribution is -2.39. The molecule has 6 heteroatoms. The summed E-state index contributed by atoms with van der Waals surface area (Å²) in [6.45, 7) is 13.1. The molecule has 1 saturated heterocycles. The van der Waals surface area contributed by atoms with Crippen molar-refractivity contribution in [1.82, 2.24) is 4.90 Å². The van der Waals surface area contributed by atoms with E-state index in [1.807, 2.05) is 6.08 Å². The number of hydrogen-bond acceptors (Lipinski definition) is 4. The van der Waals surface area contributed by atoms with Crippen LogP contribution in [0, 0.1) is 12.5 Å². The normalized spacial score (nSPS) is 20.2. The fraction of sp³-hybridized carbons (Fsp3) is 0.556. The molecule has 33 heavy (non-hydrogen) atoms. The van der Waals surface area contributed by atoms with Crippen LogP contribution in [0.15, 0.2) is 41.6 Å². The molecular weight excluding hydrogens is 412 g/mol. The monoisotopic (exact) mass is 448 g/mol. The number of piperidine rings is 1. The standard InChI is InChI=1S/C27H36N4O2/c1-20-10-14-31(15-11-20)25-19-22(27(12-5-13-27)33-17-16-30(3)4)7-9-24(25)29-26(32)21-6-8-23(18-21)28-2/h7-9,18-20H,5-6,10-17H2,1,3-4H3,(H,29,32). The Bertz CT molecular complexity index is 976. The number of amides is 1. The molecule has 1 aromatic rings. The van der Waals surface area contributed by atoms with Crippen molar-refractivity contribution >= 4 is 17.3 Å². The molecule has 1 aromatic carbocycles. The molecule has 0 unspecified atom stereocenters. The number of nitrogens with one attached hydrogen (secondary N) is 1. The van der Waals surface area contributed by atoms with Gasteiger partial charge in [-0.25, -0.2) is 4.85 Å². The number of allylic oxidation sites excluding steroid dienone is 2. The van der Waals surface area contributed by atoms with Crippen molar-refractivity contribution in [2.24, 2.45) is 5.92 Å². The summed E-state index contributed by atoms with van der Waals surface area (Å²) in [5, 5.41) is 3.15. The van der Waals surface area contributed by atoms with Crippen LogP contribution in [0.1, 0.15) is 51.0 Å². The van der Waals surface area contributed by atoms with E-state index in [-0.39, 0.29) is 11.5 Å². The predicted molar refractivity (Wildman–Crippen MR) is 133 cm³/mol. The van der Waals surface area contributed by atoms with Gasteiger partial charge in [0.1, 0.15) is 0 Å². The quantitative estimate of drug-likeness (QED) is 0.572. The van der Waals surface area contributed by atoms with Crippen LogP contribution in [0.3, 0.4) is 0 Å². The highest BCUT2D eigenvalue weighted by Crippen LogP contribution is 2.47. The number of carbonyl (C=O) groups excluding carboxylic acids is 1. The van der Waals surface area contributed by atoms with Crippen molar-refractivity contribution in [1.29, 1.82) is 0 Å². The Morgan fingerprint density at radius 3 is 2.67 bits per heavy atom. The minimum Gasteiger partial charge on any atom is -0.370 e. The third-order valence-electron chi connectivity index (χ3n) is 7.25. The molecule has 1 saturated carbocycles. The van der Waals surface area contributed by atoms with E-state index in [1.54, 1.807) is 6.08 Å². The first-order valence-electron chi connectivity index (χ1n) is 12.2. The molecular formula is C27H36N4O2. The molecule has 1 N–H and O–H groups in total. The van der Waals surface area contributed by atoms with Crippen molar-refractivity contribution in [2.75, 3.05) is 50.6 Å². The van der Waals surface area contributed by atoms with Crippen LogP contribution in [-0.4, -0.2) is 51.1 Å². The van der Waals surface area contributed by atoms with Crippen LogP contribution >= 0.6 is 0 Å². The van der Waals surface area contributed by atoms with Crippen molar-refractivity contribution in [3.05, 3.63) is 58.6 Å². The summed E-state index contributed by atoms with van der Waals surface area (Å²) in [5.41, 5.74) is 4.13. The summed E-state index contributed by atoms with van der Waals surface area (Å²) in [6.07, 6.45) is 9.60. The fourth-order valence-corrected chi connectivity index (χ4v) is 4.82. The molecule has 0 bridgehead atoms. The van der Waals surface area contributed by atoms with E-state index in [4.69, 9.17) is 11.3 Å². The number of anilines is 2. The average molecular weight is 449 g/mol. The van der Waals surface area contributed by atoms with Gasteiger partial charge in [-0.3, -0.25) is 4.79 Å². The SMILES string of the molecule is [C-]#[N+]C1=CCC(C(=O)Nc2ccc(C3(OCCN(C)C)CCC3)cc2N2CCC(C)CC2)=C1. The van der Waals surface area contributed by atoms with Crippen molar-refractivity contribution < 1.29 is 9.53 Å². The van der Waals surface area contributed by atoms with Crippen molar-refractivity contribution in [2.45, 2.75) is 51.0 Å². The van der Waals surface area contributed by atoms with E-state index in [1.165, 1.54) is 12.0 Å². The summed E-state index contributed by atoms with van der Waals surface area (Å²) in [6, 6.07) is 6.44. The summed E-state index contributed by atoms with van der Waals surface area (Å²) in [4.78, 5) is 21.0. The zero-order chi connectivity index (χ0) is 23.4. The summed E-state index contributed by atoms with van der Waals surface area (Å²) >= 11 is 0. The van der Waals surface area contributed by atoms with Crippen LogP contribution in [0.2, 0.25) is 0 Å². The number of rotatable bonds is 8. The number of ether oxygens (including phenoxy) is 1. The molecule has 1 amide bonds. The molecule has 176 valence electrons. The Labute approximate surface area is 198 Å². The fourth-order valence-electron chi connectivity index (χ4n) is 4.82. The van der Waals surface area contributed by atoms with E-state index in [0.717, 1.165) is 62.6 Å². The second-order valence-corrected chi connectivity index (χ2v) is 9.97. The van der Waals surface area contributed by atoms with Crippen LogP contribution in [0.5, 0.6) is 0 Å². The smallest absolute Gasteiger partial charge is 0.250 e. The number of carbonyl (C=O) groups is 1. The van der Waals surface area contributed by atoms with Crippen LogP contribution in [0.25, 0.3) is 4.85 Å². The maximum Gasteiger partial charge on any atom is 0.250 e. The van der Waals surface area contributed by atoms with Crippen molar-refractivity contribution in [3.8, 4) is 0 Å². The molecule has 0 atom stereocenters. The second-order valence-electron chi connectivity index (χ2n) is 9.97. The number of likely N-dealkylation sites (N-methyl/N-ethyl adjacent to an activating group) is 1. The third kappa shape index (κ3) is 5.31. The Hall–Kier alpha value is -2.62. The maximum absolute atomic E-state index is 13.0. The molecule has 3 aliphatic rings. The zero-order valence-corrected chi connectivity index (χ0v) is 20.2. The lowest BCUT2D eigenvalue weighted by Gasteiger charge is -2.43. The van der Waals surface area contributed by atoms with Gasteiger partial charge in [0, 0.05) is 25.2 Å². The molecule has 0 radical (unpaired) electrons. The maximum atomic E-state index is 13.0. The number of nitrogens with zero attached hydrogens (tertiary/aromatic N) is 3. The van der Waals surface area contributed by atoms with Gasteiger partial charge >= 0.3 is 0 Å². The molecule has 2 fully saturated rings. The zero-order valence-electron chi connectivity index (χ0n) is 20.2. The van der Waals surface area contributed by atoms with Gasteiger partial charge in [-0.1, -0.05) is 19.1 Å². The van der Waals surface area contributed by atoms with Gasteiger partial charge in [0.05, 0.1) is 30.2 Å². The van der Waals surface area contributed by atoms with Gasteiger partial charge in [0.25, 0.3) is 5.91 Å². The van der Waals surface area contributed by atoms with Gasteiger partial charge < -0.3 is 19.9 Å². The minimum atomic E-state index is -0.210. The highest BCUT2D eigenvalue weighted by Gasteiger charge is 2.40. The van der Waals surface area contributed by atoms with Gasteiger partial charge in [-0.2, -0.15) is 0 Å². The molecule has 6 nitrogen and oxygen atoms in total. The second kappa shape index (κ2) is 10.1. The predicted octanol–water partition coefficient (Wildman–Crippen LogP) is 4.95. The molecule has 4 rings (SSSR count). The van der Waals surface area contributed by atoms with Gasteiger partial charge in [0.15, 0.2) is 5.70 Å². The molecule has 1 heterocycles. The van der Waals surface area contributed by atoms with Crippen LogP contribution in [0.4, 0.5) is 11.4 Å². The van der Waals surface area contributed by atoms with E-state index in [0.29, 0.717) is 24.3 Å². The minimum absolute atomic E-state index is 0.120. The summed E-state index contributed by atoms with van der Waals surface area (Å²) in [5.74, 6) is 0.612. The van der Waals surface area contributed by atoms with Gasteiger partial charge in [-0.05, 0) is 82.3 Å². The van der Waals surface area contributed by atoms with Crippen LogP contribution in [-0.2, 0) is 15.1 Å². The summed E-state index contributed by atoms with van der Waals surface area (Å²) in [7, 11) is 4.14. The topological polar surface area (TPSA) is 49.2 Å². The van der Waals surface area contributed by atoms with E-state index < -0.39 is 0 Å². The molecule has 0 aromatic heterocycles. The lowest BCUT2D eigenvalue weighted by molar-refractivity contribution is -0.112. The van der Waals surface area contributed by atoms with Gasteiger partial charge in [-0.15, -0.1) is 0 Å². The Balaban J connectivity index is 1.59. The highest BCUT2D eigenvalue weighted by molar-refractivity contribution is 6.06. The Morgan fingerprint density at radius 1 is 1.30 bits per heavy atom. The number of hydrogen-bond donors (Lipinski definition) is 1. The third-order valence-corrected chi connectivity index (χ3v) is 7.25. The highest BCUT2D eigenvalue weighted by atomic mass is 16.5. The van der Waals surface area contributed by atoms with Crippen molar-refractivity contribution in [3.63, 3.8) is 0 Å². The van der Waals surface area contributed by atoms with Gasteiger partial charge in [0.2, 0.25) is 0 Å². The van der Waals surface area contributed by atoms with E-state index in [2.05, 4.69) is 59.2 Å². The van der Waals surface area contributed by atoms with E-state index >= 15 is 0 Å². The average Bonchev–Trinajstić information content (AvgIpc) is 3.26. The first-order chi connectivity index (χ1) is 15.9.